The number of nitrogens with two attached hydrogens (primary N) is 1. The molecule has 0 spiro atoms. The second kappa shape index (κ2) is 1.83. The molecule has 0 bridgehead atoms. The standard InChI is InChI=1S/C5H8N2O3/c6-5-7-4-3(10-5)2(8)1-9-4/h2-4,8H,1H2,(H2,6,7)/t2-,3+,4-/m1/s1. The number of nitrogens with zero attached hydrogens (tertiary/aromatic N) is 1. The molecular weight excluding hydrogens is 136 g/mol. The minimum atomic E-state index is -0.588. The van der Waals surface area contributed by atoms with E-state index in [2.05, 4.69) is 4.99 Å². The zero-order valence-electron chi connectivity index (χ0n) is 5.23. The van der Waals surface area contributed by atoms with Crippen molar-refractivity contribution in [3.05, 3.63) is 0 Å². The van der Waals surface area contributed by atoms with E-state index in [1.165, 1.54) is 0 Å². The molecule has 0 radical (unpaired) electrons. The van der Waals surface area contributed by atoms with Crippen molar-refractivity contribution in [2.75, 3.05) is 6.61 Å². The Balaban J connectivity index is 2.14. The summed E-state index contributed by atoms with van der Waals surface area (Å²) in [6.45, 7) is 0.284. The molecule has 2 aliphatic rings. The van der Waals surface area contributed by atoms with Gasteiger partial charge in [0.25, 0.3) is 6.02 Å². The number of aliphatic hydroxyl groups excluding tert-OH is 1. The molecule has 5 heteroatoms. The van der Waals surface area contributed by atoms with Crippen molar-refractivity contribution in [2.45, 2.75) is 18.4 Å². The first kappa shape index (κ1) is 5.94. The zero-order valence-corrected chi connectivity index (χ0v) is 5.23. The Bertz CT molecular complexity index is 182. The van der Waals surface area contributed by atoms with Crippen molar-refractivity contribution in [3.63, 3.8) is 0 Å². The Kier molecular flexibility index (Phi) is 1.09. The highest BCUT2D eigenvalue weighted by molar-refractivity contribution is 5.73. The fraction of sp³-hybridized carbons (Fsp3) is 0.800. The van der Waals surface area contributed by atoms with Crippen LogP contribution >= 0.6 is 0 Å². The fourth-order valence-corrected chi connectivity index (χ4v) is 1.12. The Morgan fingerprint density at radius 3 is 3.20 bits per heavy atom. The summed E-state index contributed by atoms with van der Waals surface area (Å²) in [5.41, 5.74) is 5.22. The van der Waals surface area contributed by atoms with E-state index in [0.717, 1.165) is 0 Å². The summed E-state index contributed by atoms with van der Waals surface area (Å²) in [5.74, 6) is 0. The van der Waals surface area contributed by atoms with Gasteiger partial charge < -0.3 is 20.3 Å². The maximum Gasteiger partial charge on any atom is 0.285 e. The van der Waals surface area contributed by atoms with E-state index in [9.17, 15) is 0 Å². The molecule has 2 aliphatic heterocycles. The predicted molar refractivity (Wildman–Crippen MR) is 32.2 cm³/mol. The van der Waals surface area contributed by atoms with Crippen LogP contribution in [0.4, 0.5) is 0 Å². The molecule has 0 aromatic heterocycles. The third kappa shape index (κ3) is 0.676. The Morgan fingerprint density at radius 1 is 1.70 bits per heavy atom. The molecule has 2 rings (SSSR count). The van der Waals surface area contributed by atoms with Crippen LogP contribution in [0.15, 0.2) is 4.99 Å². The van der Waals surface area contributed by atoms with Crippen LogP contribution in [0.1, 0.15) is 0 Å². The van der Waals surface area contributed by atoms with Crippen molar-refractivity contribution in [1.82, 2.24) is 0 Å². The van der Waals surface area contributed by atoms with Crippen LogP contribution < -0.4 is 5.73 Å². The number of hydrogen-bond acceptors (Lipinski definition) is 5. The number of hydrogen-bond donors (Lipinski definition) is 2. The number of amidine groups is 1. The average molecular weight is 144 g/mol. The SMILES string of the molecule is NC1=N[C@@H]2OC[C@@H](O)[C@@H]2O1. The van der Waals surface area contributed by atoms with E-state index in [0.29, 0.717) is 0 Å². The fourth-order valence-electron chi connectivity index (χ4n) is 1.12. The lowest BCUT2D eigenvalue weighted by atomic mass is 10.2. The number of aliphatic hydroxyl groups is 1. The van der Waals surface area contributed by atoms with E-state index in [1.807, 2.05) is 0 Å². The highest BCUT2D eigenvalue weighted by Crippen LogP contribution is 2.22. The van der Waals surface area contributed by atoms with Crippen LogP contribution in [0.3, 0.4) is 0 Å². The van der Waals surface area contributed by atoms with Gasteiger partial charge in [0.05, 0.1) is 6.61 Å². The molecule has 5 nitrogen and oxygen atoms in total. The summed E-state index contributed by atoms with van der Waals surface area (Å²) in [6, 6.07) is 0.105. The minimum Gasteiger partial charge on any atom is -0.454 e. The Hall–Kier alpha value is -0.810. The van der Waals surface area contributed by atoms with Gasteiger partial charge in [-0.3, -0.25) is 0 Å². The molecule has 56 valence electrons. The molecule has 10 heavy (non-hydrogen) atoms. The molecule has 0 unspecified atom stereocenters. The number of fused-ring (bicyclic) bond motifs is 1. The molecule has 0 aromatic carbocycles. The van der Waals surface area contributed by atoms with Gasteiger partial charge >= 0.3 is 0 Å². The van der Waals surface area contributed by atoms with E-state index < -0.39 is 6.10 Å². The van der Waals surface area contributed by atoms with Crippen LogP contribution in [0, 0.1) is 0 Å². The number of aliphatic imine (C=N–C) groups is 1. The van der Waals surface area contributed by atoms with Crippen molar-refractivity contribution < 1.29 is 14.6 Å². The topological polar surface area (TPSA) is 77.1 Å². The monoisotopic (exact) mass is 144 g/mol. The summed E-state index contributed by atoms with van der Waals surface area (Å²) < 4.78 is 9.97. The Labute approximate surface area is 57.4 Å². The van der Waals surface area contributed by atoms with Crippen molar-refractivity contribution >= 4 is 6.02 Å². The van der Waals surface area contributed by atoms with Crippen molar-refractivity contribution in [2.24, 2.45) is 10.7 Å². The van der Waals surface area contributed by atoms with Crippen molar-refractivity contribution in [3.8, 4) is 0 Å². The van der Waals surface area contributed by atoms with Gasteiger partial charge in [0.15, 0.2) is 12.3 Å². The zero-order chi connectivity index (χ0) is 7.14. The van der Waals surface area contributed by atoms with E-state index in [1.54, 1.807) is 0 Å². The lowest BCUT2D eigenvalue weighted by Gasteiger charge is -2.08. The highest BCUT2D eigenvalue weighted by Gasteiger charge is 2.42. The van der Waals surface area contributed by atoms with Crippen LogP contribution in [-0.2, 0) is 9.47 Å². The molecule has 3 N–H and O–H groups in total. The smallest absolute Gasteiger partial charge is 0.285 e. The summed E-state index contributed by atoms with van der Waals surface area (Å²) in [4.78, 5) is 3.79. The summed E-state index contributed by atoms with van der Waals surface area (Å²) in [5, 5.41) is 9.14. The summed E-state index contributed by atoms with van der Waals surface area (Å²) >= 11 is 0. The second-order valence-corrected chi connectivity index (χ2v) is 2.34. The van der Waals surface area contributed by atoms with Gasteiger partial charge in [-0.25, -0.2) is 0 Å². The normalized spacial score (nSPS) is 44.5. The third-order valence-corrected chi connectivity index (χ3v) is 1.61. The molecule has 1 saturated heterocycles. The van der Waals surface area contributed by atoms with E-state index >= 15 is 0 Å². The van der Waals surface area contributed by atoms with E-state index in [-0.39, 0.29) is 25.0 Å². The lowest BCUT2D eigenvalue weighted by molar-refractivity contribution is 0.0615. The van der Waals surface area contributed by atoms with Gasteiger partial charge in [0.1, 0.15) is 6.10 Å². The quantitative estimate of drug-likeness (QED) is 0.430. The molecule has 0 amide bonds. The maximum absolute atomic E-state index is 9.14. The van der Waals surface area contributed by atoms with Crippen LogP contribution in [-0.4, -0.2) is 36.2 Å². The van der Waals surface area contributed by atoms with Gasteiger partial charge in [0.2, 0.25) is 0 Å². The van der Waals surface area contributed by atoms with Crippen molar-refractivity contribution in [1.29, 1.82) is 0 Å². The average Bonchev–Trinajstić information content (AvgIpc) is 2.35. The molecular formula is C5H8N2O3. The molecule has 0 saturated carbocycles. The van der Waals surface area contributed by atoms with Gasteiger partial charge in [-0.05, 0) is 0 Å². The van der Waals surface area contributed by atoms with E-state index in [4.69, 9.17) is 20.3 Å². The molecule has 3 atom stereocenters. The largest absolute Gasteiger partial charge is 0.454 e. The van der Waals surface area contributed by atoms with Crippen LogP contribution in [0.5, 0.6) is 0 Å². The maximum atomic E-state index is 9.14. The molecule has 1 fully saturated rings. The molecule has 0 aliphatic carbocycles. The second-order valence-electron chi connectivity index (χ2n) is 2.34. The first-order valence-electron chi connectivity index (χ1n) is 3.07. The predicted octanol–water partition coefficient (Wildman–Crippen LogP) is -1.58. The Morgan fingerprint density at radius 2 is 2.50 bits per heavy atom. The van der Waals surface area contributed by atoms with Crippen LogP contribution in [0.2, 0.25) is 0 Å². The van der Waals surface area contributed by atoms with Gasteiger partial charge in [-0.15, -0.1) is 0 Å². The minimum absolute atomic E-state index is 0.105. The lowest BCUT2D eigenvalue weighted by Crippen LogP contribution is -2.30. The summed E-state index contributed by atoms with van der Waals surface area (Å²) in [7, 11) is 0. The number of rotatable bonds is 0. The van der Waals surface area contributed by atoms with Gasteiger partial charge in [-0.2, -0.15) is 4.99 Å². The van der Waals surface area contributed by atoms with Gasteiger partial charge in [0, 0.05) is 0 Å². The first-order chi connectivity index (χ1) is 4.77. The summed E-state index contributed by atoms with van der Waals surface area (Å²) in [6.07, 6.45) is -1.34. The number of ether oxygens (including phenoxy) is 2. The molecule has 2 heterocycles. The first-order valence-corrected chi connectivity index (χ1v) is 3.07. The van der Waals surface area contributed by atoms with Crippen LogP contribution in [0.25, 0.3) is 0 Å². The molecule has 0 aromatic rings. The highest BCUT2D eigenvalue weighted by atomic mass is 16.6. The third-order valence-electron chi connectivity index (χ3n) is 1.61. The van der Waals surface area contributed by atoms with Gasteiger partial charge in [-0.1, -0.05) is 0 Å².